The second-order valence-electron chi connectivity index (χ2n) is 3.87. The Labute approximate surface area is 102 Å². The zero-order chi connectivity index (χ0) is 12.7. The number of aryl methyl sites for hydroxylation is 1. The number of carbonyl (C=O) groups is 1. The number of methoxy groups -OCH3 is 1. The van der Waals surface area contributed by atoms with Gasteiger partial charge >= 0.3 is 5.97 Å². The Morgan fingerprint density at radius 2 is 2.24 bits per heavy atom. The number of esters is 1. The molecule has 17 heavy (non-hydrogen) atoms. The lowest BCUT2D eigenvalue weighted by Crippen LogP contribution is -2.22. The summed E-state index contributed by atoms with van der Waals surface area (Å²) >= 11 is 0. The molecule has 0 saturated carbocycles. The highest BCUT2D eigenvalue weighted by atomic mass is 16.5. The topological polar surface area (TPSA) is 55.3 Å². The Balaban J connectivity index is 2.58. The lowest BCUT2D eigenvalue weighted by molar-refractivity contribution is -0.140. The highest BCUT2D eigenvalue weighted by Crippen LogP contribution is 2.10. The summed E-state index contributed by atoms with van der Waals surface area (Å²) in [4.78, 5) is 21.3. The smallest absolute Gasteiger partial charge is 0.307 e. The third kappa shape index (κ3) is 4.38. The fourth-order valence-corrected chi connectivity index (χ4v) is 1.46. The summed E-state index contributed by atoms with van der Waals surface area (Å²) in [7, 11) is 3.30. The summed E-state index contributed by atoms with van der Waals surface area (Å²) in [6, 6.07) is 1.96. The molecular formula is C12H19N3O2. The van der Waals surface area contributed by atoms with Crippen molar-refractivity contribution >= 4 is 11.8 Å². The maximum absolute atomic E-state index is 11.0. The van der Waals surface area contributed by atoms with Crippen LogP contribution in [0.3, 0.4) is 0 Å². The van der Waals surface area contributed by atoms with E-state index >= 15 is 0 Å². The van der Waals surface area contributed by atoms with Crippen molar-refractivity contribution in [3.05, 3.63) is 18.1 Å². The van der Waals surface area contributed by atoms with E-state index in [-0.39, 0.29) is 5.97 Å². The van der Waals surface area contributed by atoms with Crippen molar-refractivity contribution in [2.75, 3.05) is 25.6 Å². The van der Waals surface area contributed by atoms with E-state index in [1.165, 1.54) is 7.11 Å². The number of rotatable bonds is 6. The highest BCUT2D eigenvalue weighted by Gasteiger charge is 2.07. The van der Waals surface area contributed by atoms with Gasteiger partial charge in [-0.15, -0.1) is 0 Å². The Morgan fingerprint density at radius 1 is 1.47 bits per heavy atom. The van der Waals surface area contributed by atoms with Crippen LogP contribution in [0.15, 0.2) is 12.4 Å². The Bertz CT molecular complexity index is 369. The van der Waals surface area contributed by atoms with Gasteiger partial charge in [0, 0.05) is 25.4 Å². The van der Waals surface area contributed by atoms with Crippen LogP contribution in [0.4, 0.5) is 5.82 Å². The quantitative estimate of drug-likeness (QED) is 0.700. The van der Waals surface area contributed by atoms with Crippen LogP contribution >= 0.6 is 0 Å². The Morgan fingerprint density at radius 3 is 2.88 bits per heavy atom. The van der Waals surface area contributed by atoms with Crippen LogP contribution in [-0.2, 0) is 16.0 Å². The number of hydrogen-bond acceptors (Lipinski definition) is 5. The van der Waals surface area contributed by atoms with Crippen molar-refractivity contribution in [2.45, 2.75) is 26.2 Å². The van der Waals surface area contributed by atoms with E-state index in [0.717, 1.165) is 24.4 Å². The van der Waals surface area contributed by atoms with Crippen LogP contribution < -0.4 is 4.90 Å². The number of ether oxygens (including phenoxy) is 1. The molecular weight excluding hydrogens is 218 g/mol. The van der Waals surface area contributed by atoms with Crippen molar-refractivity contribution in [2.24, 2.45) is 0 Å². The van der Waals surface area contributed by atoms with Gasteiger partial charge in [0.15, 0.2) is 0 Å². The Hall–Kier alpha value is -1.65. The van der Waals surface area contributed by atoms with Crippen molar-refractivity contribution in [1.82, 2.24) is 9.97 Å². The van der Waals surface area contributed by atoms with Crippen molar-refractivity contribution in [3.8, 4) is 0 Å². The molecule has 0 aromatic carbocycles. The average molecular weight is 237 g/mol. The molecule has 0 aliphatic rings. The number of carbonyl (C=O) groups excluding carboxylic acids is 1. The van der Waals surface area contributed by atoms with E-state index in [9.17, 15) is 4.79 Å². The van der Waals surface area contributed by atoms with Crippen LogP contribution in [0, 0.1) is 0 Å². The van der Waals surface area contributed by atoms with E-state index in [2.05, 4.69) is 21.6 Å². The van der Waals surface area contributed by atoms with Crippen LogP contribution in [0.5, 0.6) is 0 Å². The van der Waals surface area contributed by atoms with E-state index < -0.39 is 0 Å². The van der Waals surface area contributed by atoms with E-state index in [1.807, 2.05) is 18.0 Å². The van der Waals surface area contributed by atoms with Gasteiger partial charge in [-0.3, -0.25) is 4.79 Å². The van der Waals surface area contributed by atoms with Crippen molar-refractivity contribution in [1.29, 1.82) is 0 Å². The molecule has 5 nitrogen and oxygen atoms in total. The normalized spacial score (nSPS) is 10.1. The monoisotopic (exact) mass is 237 g/mol. The molecule has 0 N–H and O–H groups in total. The molecule has 0 atom stereocenters. The number of aromatic nitrogens is 2. The number of hydrogen-bond donors (Lipinski definition) is 0. The van der Waals surface area contributed by atoms with Crippen LogP contribution in [0.1, 0.15) is 25.5 Å². The van der Waals surface area contributed by atoms with Crippen molar-refractivity contribution < 1.29 is 9.53 Å². The largest absolute Gasteiger partial charge is 0.469 e. The van der Waals surface area contributed by atoms with Gasteiger partial charge in [-0.25, -0.2) is 9.97 Å². The van der Waals surface area contributed by atoms with Gasteiger partial charge < -0.3 is 9.64 Å². The third-order valence-electron chi connectivity index (χ3n) is 2.49. The van der Waals surface area contributed by atoms with E-state index in [1.54, 1.807) is 6.33 Å². The highest BCUT2D eigenvalue weighted by molar-refractivity contribution is 5.69. The van der Waals surface area contributed by atoms with Crippen LogP contribution in [0.2, 0.25) is 0 Å². The molecule has 0 amide bonds. The van der Waals surface area contributed by atoms with Gasteiger partial charge in [-0.2, -0.15) is 0 Å². The van der Waals surface area contributed by atoms with Gasteiger partial charge in [0.1, 0.15) is 12.1 Å². The van der Waals surface area contributed by atoms with E-state index in [4.69, 9.17) is 0 Å². The standard InChI is InChI=1S/C12H19N3O2/c1-4-5-10-8-11(14-9-13-10)15(2)7-6-12(16)17-3/h8-9H,4-7H2,1-3H3. The maximum atomic E-state index is 11.0. The van der Waals surface area contributed by atoms with Gasteiger partial charge in [-0.1, -0.05) is 13.3 Å². The minimum absolute atomic E-state index is 0.209. The fourth-order valence-electron chi connectivity index (χ4n) is 1.46. The molecule has 0 aliphatic carbocycles. The summed E-state index contributed by atoms with van der Waals surface area (Å²) < 4.78 is 4.60. The molecule has 1 heterocycles. The second-order valence-corrected chi connectivity index (χ2v) is 3.87. The zero-order valence-electron chi connectivity index (χ0n) is 10.6. The summed E-state index contributed by atoms with van der Waals surface area (Å²) in [5, 5.41) is 0. The molecule has 1 rings (SSSR count). The first-order valence-corrected chi connectivity index (χ1v) is 5.76. The molecule has 0 saturated heterocycles. The zero-order valence-corrected chi connectivity index (χ0v) is 10.6. The lowest BCUT2D eigenvalue weighted by Gasteiger charge is -2.17. The predicted molar refractivity (Wildman–Crippen MR) is 65.9 cm³/mol. The summed E-state index contributed by atoms with van der Waals surface area (Å²) in [6.07, 6.45) is 3.93. The fraction of sp³-hybridized carbons (Fsp3) is 0.583. The first-order chi connectivity index (χ1) is 8.17. The van der Waals surface area contributed by atoms with Gasteiger partial charge in [-0.05, 0) is 6.42 Å². The maximum Gasteiger partial charge on any atom is 0.307 e. The van der Waals surface area contributed by atoms with E-state index in [0.29, 0.717) is 13.0 Å². The molecule has 1 aromatic rings. The SMILES string of the molecule is CCCc1cc(N(C)CCC(=O)OC)ncn1. The molecule has 0 radical (unpaired) electrons. The molecule has 0 fully saturated rings. The molecule has 0 bridgehead atoms. The van der Waals surface area contributed by atoms with Crippen LogP contribution in [-0.4, -0.2) is 36.6 Å². The lowest BCUT2D eigenvalue weighted by atomic mass is 10.2. The summed E-state index contributed by atoms with van der Waals surface area (Å²) in [6.45, 7) is 2.71. The molecule has 5 heteroatoms. The molecule has 94 valence electrons. The number of anilines is 1. The Kier molecular flexibility index (Phi) is 5.39. The van der Waals surface area contributed by atoms with Gasteiger partial charge in [0.2, 0.25) is 0 Å². The second kappa shape index (κ2) is 6.83. The first kappa shape index (κ1) is 13.4. The van der Waals surface area contributed by atoms with Crippen LogP contribution in [0.25, 0.3) is 0 Å². The summed E-state index contributed by atoms with van der Waals surface area (Å²) in [5.41, 5.74) is 1.03. The molecule has 0 unspecified atom stereocenters. The predicted octanol–water partition coefficient (Wildman–Crippen LogP) is 1.43. The average Bonchev–Trinajstić information content (AvgIpc) is 2.36. The van der Waals surface area contributed by atoms with Crippen molar-refractivity contribution in [3.63, 3.8) is 0 Å². The third-order valence-corrected chi connectivity index (χ3v) is 2.49. The first-order valence-electron chi connectivity index (χ1n) is 5.76. The van der Waals surface area contributed by atoms with Gasteiger partial charge in [0.25, 0.3) is 0 Å². The molecule has 0 spiro atoms. The number of nitrogens with zero attached hydrogens (tertiary/aromatic N) is 3. The molecule has 1 aromatic heterocycles. The minimum Gasteiger partial charge on any atom is -0.469 e. The minimum atomic E-state index is -0.209. The van der Waals surface area contributed by atoms with Gasteiger partial charge in [0.05, 0.1) is 13.5 Å². The molecule has 0 aliphatic heterocycles. The summed E-state index contributed by atoms with van der Waals surface area (Å²) in [5.74, 6) is 0.632.